The van der Waals surface area contributed by atoms with Crippen molar-refractivity contribution in [2.24, 2.45) is 0 Å². The molecule has 0 aromatic heterocycles. The van der Waals surface area contributed by atoms with E-state index in [0.29, 0.717) is 36.0 Å². The van der Waals surface area contributed by atoms with Gasteiger partial charge in [0.2, 0.25) is 10.0 Å². The Balaban J connectivity index is 1.19. The van der Waals surface area contributed by atoms with Gasteiger partial charge in [-0.3, -0.25) is 9.69 Å². The van der Waals surface area contributed by atoms with Crippen LogP contribution in [0.15, 0.2) is 18.2 Å². The maximum Gasteiger partial charge on any atom is 0.338 e. The summed E-state index contributed by atoms with van der Waals surface area (Å²) in [5, 5.41) is 0.504. The van der Waals surface area contributed by atoms with Crippen molar-refractivity contribution < 1.29 is 22.7 Å². The van der Waals surface area contributed by atoms with Crippen LogP contribution in [0.25, 0.3) is 0 Å². The first-order chi connectivity index (χ1) is 17.6. The van der Waals surface area contributed by atoms with Crippen molar-refractivity contribution in [1.82, 2.24) is 14.1 Å². The number of esters is 1. The molecule has 11 heteroatoms. The van der Waals surface area contributed by atoms with E-state index >= 15 is 0 Å². The number of sulfonamides is 1. The number of hydrogen-bond acceptors (Lipinski definition) is 7. The van der Waals surface area contributed by atoms with Crippen LogP contribution >= 0.6 is 12.2 Å². The molecular formula is C26H38N4O5S2. The quantitative estimate of drug-likeness (QED) is 0.236. The molecule has 0 aliphatic carbocycles. The maximum atomic E-state index is 13.3. The number of hydrogen-bond donors (Lipinski definition) is 0. The fraction of sp³-hybridized carbons (Fsp3) is 0.654. The first-order valence-electron chi connectivity index (χ1n) is 13.2. The van der Waals surface area contributed by atoms with Crippen LogP contribution in [0.5, 0.6) is 0 Å². The highest BCUT2D eigenvalue weighted by molar-refractivity contribution is 7.89. The Hall–Kier alpha value is -2.08. The second-order valence-corrected chi connectivity index (χ2v) is 13.1. The highest BCUT2D eigenvalue weighted by Crippen LogP contribution is 2.34. The minimum Gasteiger partial charge on any atom is -0.457 e. The molecule has 1 amide bonds. The predicted molar refractivity (Wildman–Crippen MR) is 147 cm³/mol. The molecule has 3 aliphatic rings. The third kappa shape index (κ3) is 5.84. The molecule has 1 aromatic rings. The number of cyclic esters (lactones) is 1. The van der Waals surface area contributed by atoms with Crippen molar-refractivity contribution in [2.45, 2.75) is 65.0 Å². The largest absolute Gasteiger partial charge is 0.457 e. The molecular weight excluding hydrogens is 512 g/mol. The minimum atomic E-state index is -3.07. The van der Waals surface area contributed by atoms with E-state index in [0.717, 1.165) is 57.3 Å². The minimum absolute atomic E-state index is 0.0606. The van der Waals surface area contributed by atoms with E-state index in [1.807, 2.05) is 24.8 Å². The molecule has 0 spiro atoms. The number of fused-ring (bicyclic) bond motifs is 1. The number of benzene rings is 1. The Labute approximate surface area is 225 Å². The molecule has 0 bridgehead atoms. The third-order valence-electron chi connectivity index (χ3n) is 7.69. The van der Waals surface area contributed by atoms with Gasteiger partial charge >= 0.3 is 5.97 Å². The van der Waals surface area contributed by atoms with E-state index in [4.69, 9.17) is 17.0 Å². The van der Waals surface area contributed by atoms with Gasteiger partial charge in [-0.25, -0.2) is 13.2 Å². The monoisotopic (exact) mass is 550 g/mol. The smallest absolute Gasteiger partial charge is 0.338 e. The van der Waals surface area contributed by atoms with Crippen molar-refractivity contribution in [3.63, 3.8) is 0 Å². The Morgan fingerprint density at radius 1 is 0.973 bits per heavy atom. The van der Waals surface area contributed by atoms with E-state index in [1.165, 1.54) is 0 Å². The molecule has 0 N–H and O–H groups in total. The zero-order valence-electron chi connectivity index (χ0n) is 22.1. The van der Waals surface area contributed by atoms with Crippen molar-refractivity contribution in [2.75, 3.05) is 49.9 Å². The second-order valence-electron chi connectivity index (χ2n) is 10.5. The van der Waals surface area contributed by atoms with Crippen LogP contribution in [0, 0.1) is 0 Å². The lowest BCUT2D eigenvalue weighted by Gasteiger charge is -2.33. The number of amides is 1. The molecule has 4 rings (SSSR count). The highest BCUT2D eigenvalue weighted by Gasteiger charge is 2.49. The van der Waals surface area contributed by atoms with E-state index in [-0.39, 0.29) is 24.2 Å². The first-order valence-corrected chi connectivity index (χ1v) is 15.2. The van der Waals surface area contributed by atoms with Gasteiger partial charge in [-0.2, -0.15) is 4.31 Å². The number of piperazine rings is 1. The van der Waals surface area contributed by atoms with Crippen LogP contribution in [-0.4, -0.2) is 90.1 Å². The highest BCUT2D eigenvalue weighted by atomic mass is 32.2. The van der Waals surface area contributed by atoms with Crippen LogP contribution in [0.3, 0.4) is 0 Å². The van der Waals surface area contributed by atoms with Gasteiger partial charge < -0.3 is 14.5 Å². The first kappa shape index (κ1) is 27.9. The maximum absolute atomic E-state index is 13.3. The Kier molecular flexibility index (Phi) is 8.57. The topological polar surface area (TPSA) is 90.5 Å². The molecule has 0 unspecified atom stereocenters. The Bertz CT molecular complexity index is 1150. The van der Waals surface area contributed by atoms with E-state index in [2.05, 4.69) is 4.90 Å². The van der Waals surface area contributed by atoms with Gasteiger partial charge in [0, 0.05) is 38.3 Å². The molecule has 0 radical (unpaired) electrons. The van der Waals surface area contributed by atoms with Crippen LogP contribution in [0.2, 0.25) is 0 Å². The van der Waals surface area contributed by atoms with E-state index < -0.39 is 15.6 Å². The van der Waals surface area contributed by atoms with Crippen LogP contribution < -0.4 is 4.90 Å². The lowest BCUT2D eigenvalue weighted by atomic mass is 10.0. The van der Waals surface area contributed by atoms with Gasteiger partial charge in [-0.15, -0.1) is 0 Å². The summed E-state index contributed by atoms with van der Waals surface area (Å²) >= 11 is 5.74. The van der Waals surface area contributed by atoms with Crippen LogP contribution in [-0.2, 0) is 26.2 Å². The summed E-state index contributed by atoms with van der Waals surface area (Å²) in [5.41, 5.74) is 1.28. The zero-order valence-corrected chi connectivity index (χ0v) is 23.7. The van der Waals surface area contributed by atoms with Gasteiger partial charge in [0.25, 0.3) is 5.91 Å². The van der Waals surface area contributed by atoms with Gasteiger partial charge in [0.05, 0.1) is 17.0 Å². The standard InChI is InChI=1S/C26H38N4O5S2/c1-4-37(33,34)28-16-14-27(15-17-28)12-8-6-5-7-9-13-29-25(36)30(24(32)26(29,2)3)21-10-11-22-20(18-21)19-35-23(22)31/h10-11,18H,4-9,12-17,19H2,1-3H3. The second kappa shape index (κ2) is 11.3. The lowest BCUT2D eigenvalue weighted by Crippen LogP contribution is -2.49. The summed E-state index contributed by atoms with van der Waals surface area (Å²) in [7, 11) is -3.07. The molecule has 204 valence electrons. The number of carbonyl (C=O) groups is 2. The van der Waals surface area contributed by atoms with Gasteiger partial charge in [-0.1, -0.05) is 19.3 Å². The zero-order chi connectivity index (χ0) is 26.8. The van der Waals surface area contributed by atoms with Gasteiger partial charge in [0.1, 0.15) is 12.1 Å². The molecule has 2 fully saturated rings. The SMILES string of the molecule is CCS(=O)(=O)N1CCN(CCCCCCCN2C(=S)N(c3ccc4c(c3)COC4=O)C(=O)C2(C)C)CC1. The summed E-state index contributed by atoms with van der Waals surface area (Å²) in [4.78, 5) is 31.0. The summed E-state index contributed by atoms with van der Waals surface area (Å²) in [6, 6.07) is 5.29. The van der Waals surface area contributed by atoms with Gasteiger partial charge in [-0.05, 0) is 70.6 Å². The number of anilines is 1. The fourth-order valence-corrected chi connectivity index (χ4v) is 6.84. The average molecular weight is 551 g/mol. The van der Waals surface area contributed by atoms with Crippen molar-refractivity contribution in [3.05, 3.63) is 29.3 Å². The summed E-state index contributed by atoms with van der Waals surface area (Å²) in [6.45, 7) is 10.3. The Morgan fingerprint density at radius 2 is 1.62 bits per heavy atom. The number of thiocarbonyl (C=S) groups is 1. The van der Waals surface area contributed by atoms with Gasteiger partial charge in [0.15, 0.2) is 5.11 Å². The number of rotatable bonds is 11. The molecule has 1 aromatic carbocycles. The molecule has 2 saturated heterocycles. The van der Waals surface area contributed by atoms with Crippen LogP contribution in [0.4, 0.5) is 5.69 Å². The average Bonchev–Trinajstić information content (AvgIpc) is 3.32. The van der Waals surface area contributed by atoms with Crippen molar-refractivity contribution in [1.29, 1.82) is 0 Å². The number of nitrogens with zero attached hydrogens (tertiary/aromatic N) is 4. The van der Waals surface area contributed by atoms with E-state index in [9.17, 15) is 18.0 Å². The molecule has 37 heavy (non-hydrogen) atoms. The molecule has 0 saturated carbocycles. The summed E-state index contributed by atoms with van der Waals surface area (Å²) in [6.07, 6.45) is 5.35. The van der Waals surface area contributed by atoms with E-state index in [1.54, 1.807) is 28.3 Å². The molecule has 3 aliphatic heterocycles. The van der Waals surface area contributed by atoms with Crippen molar-refractivity contribution >= 4 is 44.9 Å². The molecule has 9 nitrogen and oxygen atoms in total. The number of unbranched alkanes of at least 4 members (excludes halogenated alkanes) is 4. The Morgan fingerprint density at radius 3 is 2.30 bits per heavy atom. The predicted octanol–water partition coefficient (Wildman–Crippen LogP) is 2.99. The molecule has 3 heterocycles. The lowest BCUT2D eigenvalue weighted by molar-refractivity contribution is -0.123. The van der Waals surface area contributed by atoms with Crippen LogP contribution in [0.1, 0.15) is 68.8 Å². The summed E-state index contributed by atoms with van der Waals surface area (Å²) in [5.74, 6) is -0.220. The third-order valence-corrected chi connectivity index (χ3v) is 9.98. The van der Waals surface area contributed by atoms with Crippen molar-refractivity contribution in [3.8, 4) is 0 Å². The fourth-order valence-electron chi connectivity index (χ4n) is 5.25. The normalized spacial score (nSPS) is 20.6. The summed E-state index contributed by atoms with van der Waals surface area (Å²) < 4.78 is 30.7. The number of carbonyl (C=O) groups excluding carboxylic acids is 2. The number of ether oxygens (including phenoxy) is 1. The molecule has 0 atom stereocenters.